The zero-order valence-electron chi connectivity index (χ0n) is 11.3. The fraction of sp³-hybridized carbons (Fsp3) is 0.154. The number of nitrogens with zero attached hydrogens (tertiary/aromatic N) is 2. The third kappa shape index (κ3) is 4.35. The van der Waals surface area contributed by atoms with Crippen molar-refractivity contribution in [3.63, 3.8) is 0 Å². The van der Waals surface area contributed by atoms with E-state index in [0.29, 0.717) is 5.13 Å². The van der Waals surface area contributed by atoms with E-state index in [9.17, 15) is 14.4 Å². The molecule has 2 aromatic rings. The number of rotatable bonds is 6. The normalized spacial score (nSPS) is 10.0. The van der Waals surface area contributed by atoms with Crippen LogP contribution in [-0.2, 0) is 9.59 Å². The molecule has 0 aliphatic carbocycles. The molecule has 0 unspecified atom stereocenters. The van der Waals surface area contributed by atoms with E-state index >= 15 is 0 Å². The highest BCUT2D eigenvalue weighted by atomic mass is 32.1. The van der Waals surface area contributed by atoms with Crippen LogP contribution in [0.4, 0.5) is 10.8 Å². The van der Waals surface area contributed by atoms with Crippen molar-refractivity contribution in [1.82, 2.24) is 9.97 Å². The summed E-state index contributed by atoms with van der Waals surface area (Å²) < 4.78 is 0. The van der Waals surface area contributed by atoms with E-state index in [1.54, 1.807) is 17.6 Å². The SMILES string of the molecule is O=C(O)CCC(=O)Nc1cccnc1C(=O)Nc1nccs1. The molecule has 2 rings (SSSR count). The van der Waals surface area contributed by atoms with Crippen LogP contribution in [0.3, 0.4) is 0 Å². The molecule has 2 aromatic heterocycles. The van der Waals surface area contributed by atoms with Crippen LogP contribution in [0.1, 0.15) is 23.3 Å². The largest absolute Gasteiger partial charge is 0.481 e. The summed E-state index contributed by atoms with van der Waals surface area (Å²) in [4.78, 5) is 42.1. The van der Waals surface area contributed by atoms with Gasteiger partial charge in [-0.15, -0.1) is 11.3 Å². The molecule has 8 nitrogen and oxygen atoms in total. The van der Waals surface area contributed by atoms with E-state index in [4.69, 9.17) is 5.11 Å². The van der Waals surface area contributed by atoms with Gasteiger partial charge in [-0.05, 0) is 12.1 Å². The van der Waals surface area contributed by atoms with Gasteiger partial charge < -0.3 is 10.4 Å². The number of carboxylic acids is 1. The Morgan fingerprint density at radius 3 is 2.64 bits per heavy atom. The van der Waals surface area contributed by atoms with Crippen LogP contribution < -0.4 is 10.6 Å². The summed E-state index contributed by atoms with van der Waals surface area (Å²) >= 11 is 1.25. The summed E-state index contributed by atoms with van der Waals surface area (Å²) in [6.07, 6.45) is 2.50. The second-order valence-corrected chi connectivity index (χ2v) is 5.03. The van der Waals surface area contributed by atoms with Crippen molar-refractivity contribution < 1.29 is 19.5 Å². The van der Waals surface area contributed by atoms with Gasteiger partial charge in [-0.2, -0.15) is 0 Å². The Morgan fingerprint density at radius 2 is 1.95 bits per heavy atom. The lowest BCUT2D eigenvalue weighted by Gasteiger charge is -2.09. The Kier molecular flexibility index (Phi) is 5.15. The molecule has 114 valence electrons. The lowest BCUT2D eigenvalue weighted by atomic mass is 10.2. The number of nitrogens with one attached hydrogen (secondary N) is 2. The molecule has 0 saturated carbocycles. The number of amides is 2. The number of thiazole rings is 1. The van der Waals surface area contributed by atoms with Gasteiger partial charge in [-0.1, -0.05) is 0 Å². The molecule has 22 heavy (non-hydrogen) atoms. The van der Waals surface area contributed by atoms with Crippen LogP contribution in [0, 0.1) is 0 Å². The van der Waals surface area contributed by atoms with Gasteiger partial charge in [0.2, 0.25) is 5.91 Å². The molecule has 0 spiro atoms. The molecule has 2 heterocycles. The van der Waals surface area contributed by atoms with Crippen LogP contribution in [0.15, 0.2) is 29.9 Å². The van der Waals surface area contributed by atoms with Crippen LogP contribution in [0.25, 0.3) is 0 Å². The third-order valence-electron chi connectivity index (χ3n) is 2.52. The summed E-state index contributed by atoms with van der Waals surface area (Å²) in [6, 6.07) is 3.08. The van der Waals surface area contributed by atoms with Crippen molar-refractivity contribution >= 4 is 39.9 Å². The average Bonchev–Trinajstić information content (AvgIpc) is 2.98. The molecule has 9 heteroatoms. The number of carboxylic acid groups (broad SMARTS) is 1. The Labute approximate surface area is 129 Å². The maximum atomic E-state index is 12.1. The first-order valence-electron chi connectivity index (χ1n) is 6.24. The number of anilines is 2. The van der Waals surface area contributed by atoms with E-state index in [2.05, 4.69) is 20.6 Å². The predicted octanol–water partition coefficient (Wildman–Crippen LogP) is 1.59. The number of aromatic nitrogens is 2. The van der Waals surface area contributed by atoms with Crippen molar-refractivity contribution in [2.75, 3.05) is 10.6 Å². The van der Waals surface area contributed by atoms with E-state index in [-0.39, 0.29) is 24.2 Å². The zero-order valence-corrected chi connectivity index (χ0v) is 12.1. The zero-order chi connectivity index (χ0) is 15.9. The highest BCUT2D eigenvalue weighted by Gasteiger charge is 2.16. The first kappa shape index (κ1) is 15.6. The monoisotopic (exact) mass is 320 g/mol. The summed E-state index contributed by atoms with van der Waals surface area (Å²) in [7, 11) is 0. The van der Waals surface area contributed by atoms with Gasteiger partial charge in [0, 0.05) is 24.2 Å². The molecule has 0 atom stereocenters. The average molecular weight is 320 g/mol. The molecule has 0 fully saturated rings. The van der Waals surface area contributed by atoms with Gasteiger partial charge in [0.25, 0.3) is 5.91 Å². The lowest BCUT2D eigenvalue weighted by molar-refractivity contribution is -0.138. The maximum absolute atomic E-state index is 12.1. The van der Waals surface area contributed by atoms with Gasteiger partial charge in [0.15, 0.2) is 10.8 Å². The molecule has 2 amide bonds. The lowest BCUT2D eigenvalue weighted by Crippen LogP contribution is -2.19. The van der Waals surface area contributed by atoms with E-state index < -0.39 is 17.8 Å². The predicted molar refractivity (Wildman–Crippen MR) is 79.8 cm³/mol. The van der Waals surface area contributed by atoms with Crippen molar-refractivity contribution in [2.24, 2.45) is 0 Å². The molecule has 0 bridgehead atoms. The first-order valence-corrected chi connectivity index (χ1v) is 7.11. The van der Waals surface area contributed by atoms with Crippen molar-refractivity contribution in [1.29, 1.82) is 0 Å². The summed E-state index contributed by atoms with van der Waals surface area (Å²) in [5.74, 6) is -2.08. The molecule has 0 aliphatic heterocycles. The van der Waals surface area contributed by atoms with Gasteiger partial charge in [-0.25, -0.2) is 9.97 Å². The minimum Gasteiger partial charge on any atom is -0.481 e. The van der Waals surface area contributed by atoms with Crippen molar-refractivity contribution in [2.45, 2.75) is 12.8 Å². The van der Waals surface area contributed by atoms with Gasteiger partial charge in [0.05, 0.1) is 12.1 Å². The van der Waals surface area contributed by atoms with Crippen LogP contribution in [0.5, 0.6) is 0 Å². The number of aliphatic carboxylic acids is 1. The highest BCUT2D eigenvalue weighted by Crippen LogP contribution is 2.16. The van der Waals surface area contributed by atoms with Crippen LogP contribution in [-0.4, -0.2) is 32.9 Å². The van der Waals surface area contributed by atoms with Crippen LogP contribution in [0.2, 0.25) is 0 Å². The van der Waals surface area contributed by atoms with Crippen molar-refractivity contribution in [3.8, 4) is 0 Å². The molecular formula is C13H12N4O4S. The standard InChI is InChI=1S/C13H12N4O4S/c18-9(3-4-10(19)20)16-8-2-1-5-14-11(8)12(21)17-13-15-6-7-22-13/h1-2,5-7H,3-4H2,(H,16,18)(H,19,20)(H,15,17,21). The summed E-state index contributed by atoms with van der Waals surface area (Å²) in [5, 5.41) is 15.7. The van der Waals surface area contributed by atoms with E-state index in [0.717, 1.165) is 0 Å². The maximum Gasteiger partial charge on any atom is 0.303 e. The molecule has 0 aliphatic rings. The highest BCUT2D eigenvalue weighted by molar-refractivity contribution is 7.13. The summed E-state index contributed by atoms with van der Waals surface area (Å²) in [6.45, 7) is 0. The Hall–Kier alpha value is -2.81. The topological polar surface area (TPSA) is 121 Å². The Morgan fingerprint density at radius 1 is 1.14 bits per heavy atom. The van der Waals surface area contributed by atoms with Gasteiger partial charge >= 0.3 is 5.97 Å². The fourth-order valence-electron chi connectivity index (χ4n) is 1.56. The van der Waals surface area contributed by atoms with Crippen LogP contribution >= 0.6 is 11.3 Å². The van der Waals surface area contributed by atoms with Gasteiger partial charge in [-0.3, -0.25) is 19.7 Å². The summed E-state index contributed by atoms with van der Waals surface area (Å²) in [5.41, 5.74) is 0.244. The van der Waals surface area contributed by atoms with E-state index in [1.807, 2.05) is 0 Å². The quantitative estimate of drug-likeness (QED) is 0.743. The van der Waals surface area contributed by atoms with Gasteiger partial charge in [0.1, 0.15) is 0 Å². The molecule has 3 N–H and O–H groups in total. The Bertz CT molecular complexity index is 687. The minimum atomic E-state index is -1.07. The second kappa shape index (κ2) is 7.27. The molecular weight excluding hydrogens is 308 g/mol. The second-order valence-electron chi connectivity index (χ2n) is 4.13. The number of carbonyl (C=O) groups is 3. The first-order chi connectivity index (χ1) is 10.6. The molecule has 0 aromatic carbocycles. The number of hydrogen-bond donors (Lipinski definition) is 3. The molecule has 0 saturated heterocycles. The number of hydrogen-bond acceptors (Lipinski definition) is 6. The van der Waals surface area contributed by atoms with Crippen molar-refractivity contribution in [3.05, 3.63) is 35.6 Å². The third-order valence-corrected chi connectivity index (χ3v) is 3.20. The Balaban J connectivity index is 2.07. The van der Waals surface area contributed by atoms with E-state index in [1.165, 1.54) is 23.6 Å². The smallest absolute Gasteiger partial charge is 0.303 e. The minimum absolute atomic E-state index is 0.0291. The number of pyridine rings is 1. The fourth-order valence-corrected chi connectivity index (χ4v) is 2.09. The molecule has 0 radical (unpaired) electrons. The number of carbonyl (C=O) groups excluding carboxylic acids is 2.